The van der Waals surface area contributed by atoms with Gasteiger partial charge in [0, 0.05) is 60.4 Å². The first-order valence-corrected chi connectivity index (χ1v) is 15.1. The average Bonchev–Trinajstić information content (AvgIpc) is 3.30. The average molecular weight is 568 g/mol. The molecule has 1 saturated heterocycles. The number of hydrogen-bond donors (Lipinski definition) is 1. The van der Waals surface area contributed by atoms with E-state index in [1.54, 1.807) is 24.4 Å². The van der Waals surface area contributed by atoms with Crippen LogP contribution >= 0.6 is 11.6 Å². The number of nitrogens with zero attached hydrogens (tertiary/aromatic N) is 6. The van der Waals surface area contributed by atoms with Gasteiger partial charge in [0.05, 0.1) is 18.5 Å². The van der Waals surface area contributed by atoms with Crippen LogP contribution in [0.3, 0.4) is 0 Å². The third-order valence-electron chi connectivity index (χ3n) is 7.40. The lowest BCUT2D eigenvalue weighted by Gasteiger charge is -2.36. The molecular formula is C28H34ClN7O2S. The lowest BCUT2D eigenvalue weighted by atomic mass is 10.0. The summed E-state index contributed by atoms with van der Waals surface area (Å²) in [5, 5.41) is 4.74. The summed E-state index contributed by atoms with van der Waals surface area (Å²) in [7, 11) is 2.42. The van der Waals surface area contributed by atoms with Gasteiger partial charge in [0.2, 0.25) is 16.0 Å². The SMILES string of the molecule is CN(C)C1CCN(c2ccc(Nc3ncc4ccn(Cc5cc(Cl)ccc5N(C)S(C)(=O)=O)c4n3)cc2)CC1. The van der Waals surface area contributed by atoms with E-state index in [1.807, 2.05) is 16.8 Å². The maximum Gasteiger partial charge on any atom is 0.232 e. The predicted molar refractivity (Wildman–Crippen MR) is 160 cm³/mol. The van der Waals surface area contributed by atoms with Gasteiger partial charge in [0.25, 0.3) is 0 Å². The second kappa shape index (κ2) is 11.0. The number of hydrogen-bond acceptors (Lipinski definition) is 7. The van der Waals surface area contributed by atoms with Gasteiger partial charge in [0.1, 0.15) is 5.65 Å². The van der Waals surface area contributed by atoms with Gasteiger partial charge in [0.15, 0.2) is 0 Å². The molecule has 1 aliphatic rings. The quantitative estimate of drug-likeness (QED) is 0.327. The van der Waals surface area contributed by atoms with Crippen molar-refractivity contribution in [2.45, 2.75) is 25.4 Å². The number of nitrogens with one attached hydrogen (secondary N) is 1. The second-order valence-electron chi connectivity index (χ2n) is 10.3. The lowest BCUT2D eigenvalue weighted by molar-refractivity contribution is 0.249. The van der Waals surface area contributed by atoms with Crippen LogP contribution in [0.2, 0.25) is 5.02 Å². The van der Waals surface area contributed by atoms with Gasteiger partial charge >= 0.3 is 0 Å². The summed E-state index contributed by atoms with van der Waals surface area (Å²) >= 11 is 6.27. The Bertz CT molecular complexity index is 1560. The maximum atomic E-state index is 12.2. The molecule has 1 N–H and O–H groups in total. The summed E-state index contributed by atoms with van der Waals surface area (Å²) in [5.74, 6) is 0.488. The molecule has 0 bridgehead atoms. The van der Waals surface area contributed by atoms with E-state index in [-0.39, 0.29) is 0 Å². The van der Waals surface area contributed by atoms with Gasteiger partial charge in [-0.25, -0.2) is 13.4 Å². The Balaban J connectivity index is 1.33. The fraction of sp³-hybridized carbons (Fsp3) is 0.357. The van der Waals surface area contributed by atoms with Crippen LogP contribution in [0.5, 0.6) is 0 Å². The van der Waals surface area contributed by atoms with Crippen LogP contribution in [0.4, 0.5) is 23.0 Å². The van der Waals surface area contributed by atoms with Crippen molar-refractivity contribution in [3.63, 3.8) is 0 Å². The molecule has 3 heterocycles. The Hall–Kier alpha value is -3.34. The summed E-state index contributed by atoms with van der Waals surface area (Å²) in [5.41, 5.74) is 4.21. The molecule has 206 valence electrons. The molecule has 0 atom stereocenters. The third kappa shape index (κ3) is 6.13. The molecule has 2 aromatic carbocycles. The van der Waals surface area contributed by atoms with Crippen LogP contribution in [0, 0.1) is 0 Å². The molecule has 39 heavy (non-hydrogen) atoms. The molecule has 9 nitrogen and oxygen atoms in total. The third-order valence-corrected chi connectivity index (χ3v) is 8.83. The van der Waals surface area contributed by atoms with Crippen LogP contribution in [-0.4, -0.2) is 74.4 Å². The smallest absolute Gasteiger partial charge is 0.232 e. The molecular weight excluding hydrogens is 534 g/mol. The first-order chi connectivity index (χ1) is 18.6. The molecule has 0 saturated carbocycles. The van der Waals surface area contributed by atoms with Gasteiger partial charge in [-0.15, -0.1) is 0 Å². The van der Waals surface area contributed by atoms with Crippen molar-refractivity contribution in [1.82, 2.24) is 19.4 Å². The van der Waals surface area contributed by atoms with Gasteiger partial charge in [-0.05, 0) is 81.0 Å². The molecule has 1 fully saturated rings. The minimum absolute atomic E-state index is 0.398. The molecule has 2 aromatic heterocycles. The summed E-state index contributed by atoms with van der Waals surface area (Å²) < 4.78 is 27.6. The second-order valence-corrected chi connectivity index (χ2v) is 12.7. The van der Waals surface area contributed by atoms with Crippen molar-refractivity contribution in [2.24, 2.45) is 0 Å². The highest BCUT2D eigenvalue weighted by atomic mass is 35.5. The van der Waals surface area contributed by atoms with E-state index in [0.29, 0.717) is 29.2 Å². The van der Waals surface area contributed by atoms with Crippen molar-refractivity contribution in [3.05, 3.63) is 71.5 Å². The van der Waals surface area contributed by atoms with E-state index < -0.39 is 10.0 Å². The zero-order valence-corrected chi connectivity index (χ0v) is 24.2. The fourth-order valence-corrected chi connectivity index (χ4v) is 5.76. The van der Waals surface area contributed by atoms with Gasteiger partial charge in [-0.3, -0.25) is 4.31 Å². The number of halogens is 1. The number of piperidine rings is 1. The van der Waals surface area contributed by atoms with Crippen molar-refractivity contribution < 1.29 is 8.42 Å². The Labute approximate surface area is 235 Å². The van der Waals surface area contributed by atoms with Crippen molar-refractivity contribution in [3.8, 4) is 0 Å². The molecule has 0 radical (unpaired) electrons. The molecule has 0 unspecified atom stereocenters. The zero-order valence-electron chi connectivity index (χ0n) is 22.7. The number of anilines is 4. The zero-order chi connectivity index (χ0) is 27.7. The number of fused-ring (bicyclic) bond motifs is 1. The minimum atomic E-state index is -3.43. The highest BCUT2D eigenvalue weighted by Crippen LogP contribution is 2.28. The standard InChI is InChI=1S/C28H34ClN7O2S/c1-33(2)24-12-15-35(16-13-24)25-8-6-23(7-9-25)31-28-30-18-20-11-14-36(27(20)32-28)19-21-17-22(29)5-10-26(21)34(3)39(4,37)38/h5-11,14,17-18,24H,12-13,15-16,19H2,1-4H3,(H,30,31,32). The largest absolute Gasteiger partial charge is 0.371 e. The number of aromatic nitrogens is 3. The molecule has 0 spiro atoms. The summed E-state index contributed by atoms with van der Waals surface area (Å²) in [6.45, 7) is 2.51. The van der Waals surface area contributed by atoms with E-state index >= 15 is 0 Å². The van der Waals surface area contributed by atoms with Gasteiger partial charge < -0.3 is 19.7 Å². The van der Waals surface area contributed by atoms with E-state index in [2.05, 4.69) is 58.5 Å². The fourth-order valence-electron chi connectivity index (χ4n) is 5.03. The Kier molecular flexibility index (Phi) is 7.70. The Morgan fingerprint density at radius 3 is 2.44 bits per heavy atom. The van der Waals surface area contributed by atoms with E-state index in [0.717, 1.165) is 35.4 Å². The summed E-state index contributed by atoms with van der Waals surface area (Å²) in [6, 6.07) is 16.2. The van der Waals surface area contributed by atoms with Gasteiger partial charge in [-0.1, -0.05) is 11.6 Å². The van der Waals surface area contributed by atoms with Crippen molar-refractivity contribution in [1.29, 1.82) is 0 Å². The normalized spacial score (nSPS) is 14.8. The molecule has 4 aromatic rings. The van der Waals surface area contributed by atoms with Crippen molar-refractivity contribution in [2.75, 3.05) is 55.0 Å². The van der Waals surface area contributed by atoms with Crippen LogP contribution in [-0.2, 0) is 16.6 Å². The predicted octanol–water partition coefficient (Wildman–Crippen LogP) is 4.80. The number of benzene rings is 2. The monoisotopic (exact) mass is 567 g/mol. The molecule has 5 rings (SSSR count). The number of sulfonamides is 1. The first kappa shape index (κ1) is 27.2. The van der Waals surface area contributed by atoms with E-state index in [4.69, 9.17) is 16.6 Å². The lowest BCUT2D eigenvalue weighted by Crippen LogP contribution is -2.41. The minimum Gasteiger partial charge on any atom is -0.371 e. The molecule has 1 aliphatic heterocycles. The molecule has 11 heteroatoms. The van der Waals surface area contributed by atoms with Crippen LogP contribution in [0.1, 0.15) is 18.4 Å². The highest BCUT2D eigenvalue weighted by Gasteiger charge is 2.21. The number of rotatable bonds is 8. The summed E-state index contributed by atoms with van der Waals surface area (Å²) in [6.07, 6.45) is 7.22. The molecule has 0 aliphatic carbocycles. The van der Waals surface area contributed by atoms with E-state index in [1.165, 1.54) is 36.1 Å². The van der Waals surface area contributed by atoms with Crippen LogP contribution < -0.4 is 14.5 Å². The van der Waals surface area contributed by atoms with Crippen LogP contribution in [0.15, 0.2) is 60.9 Å². The van der Waals surface area contributed by atoms with E-state index in [9.17, 15) is 8.42 Å². The first-order valence-electron chi connectivity index (χ1n) is 12.9. The topological polar surface area (TPSA) is 86.6 Å². The van der Waals surface area contributed by atoms with Crippen LogP contribution in [0.25, 0.3) is 11.0 Å². The molecule has 0 amide bonds. The Morgan fingerprint density at radius 2 is 1.77 bits per heavy atom. The maximum absolute atomic E-state index is 12.2. The highest BCUT2D eigenvalue weighted by molar-refractivity contribution is 7.92. The Morgan fingerprint density at radius 1 is 1.05 bits per heavy atom. The van der Waals surface area contributed by atoms with Crippen molar-refractivity contribution >= 4 is 55.7 Å². The van der Waals surface area contributed by atoms with Gasteiger partial charge in [-0.2, -0.15) is 4.98 Å². The summed E-state index contributed by atoms with van der Waals surface area (Å²) in [4.78, 5) is 14.0.